The lowest BCUT2D eigenvalue weighted by atomic mass is 10.8. The minimum Gasteiger partial charge on any atom is -0.414 e. The SMILES string of the molecule is CO[C@@]1(C)S[C@H]2OC(=O)N2S(C(=O)ON)=S1CSc1nnnn1C. The molecule has 0 aromatic carbocycles. The van der Waals surface area contributed by atoms with Crippen LogP contribution in [0.15, 0.2) is 5.16 Å². The molecule has 2 unspecified atom stereocenters. The zero-order valence-corrected chi connectivity index (χ0v) is 16.0. The summed E-state index contributed by atoms with van der Waals surface area (Å²) < 4.78 is 12.9. The van der Waals surface area contributed by atoms with Crippen LogP contribution in [0.4, 0.5) is 9.59 Å². The van der Waals surface area contributed by atoms with Gasteiger partial charge >= 0.3 is 11.4 Å². The first-order chi connectivity index (χ1) is 11.4. The molecule has 0 aliphatic carbocycles. The van der Waals surface area contributed by atoms with Crippen LogP contribution in [-0.2, 0) is 40.5 Å². The Morgan fingerprint density at radius 1 is 1.62 bits per heavy atom. The van der Waals surface area contributed by atoms with Gasteiger partial charge in [-0.15, -0.1) is 5.10 Å². The quantitative estimate of drug-likeness (QED) is 0.532. The highest BCUT2D eigenvalue weighted by atomic mass is 32.9. The van der Waals surface area contributed by atoms with Crippen LogP contribution in [-0.4, -0.2) is 57.9 Å². The molecule has 0 spiro atoms. The second kappa shape index (κ2) is 6.80. The van der Waals surface area contributed by atoms with E-state index in [4.69, 9.17) is 15.4 Å². The zero-order valence-electron chi connectivity index (χ0n) is 12.8. The molecule has 0 bridgehead atoms. The number of rotatable bonds is 4. The molecule has 2 N–H and O–H groups in total. The predicted molar refractivity (Wildman–Crippen MR) is 90.0 cm³/mol. The minimum atomic E-state index is -1.23. The number of methoxy groups -OCH3 is 1. The van der Waals surface area contributed by atoms with Crippen molar-refractivity contribution in [2.75, 3.05) is 12.2 Å². The first kappa shape index (κ1) is 17.9. The van der Waals surface area contributed by atoms with Crippen LogP contribution in [0.5, 0.6) is 0 Å². The van der Waals surface area contributed by atoms with E-state index in [0.717, 1.165) is 0 Å². The van der Waals surface area contributed by atoms with E-state index in [1.165, 1.54) is 32.5 Å². The van der Waals surface area contributed by atoms with Crippen molar-refractivity contribution in [3.8, 4) is 0 Å². The number of fused-ring (bicyclic) bond motifs is 1. The molecule has 0 saturated carbocycles. The number of carbonyl (C=O) groups is 2. The van der Waals surface area contributed by atoms with Crippen LogP contribution in [0.2, 0.25) is 0 Å². The average Bonchev–Trinajstić information content (AvgIpc) is 2.97. The number of nitrogens with two attached hydrogens (primary N) is 1. The van der Waals surface area contributed by atoms with Crippen LogP contribution >= 0.6 is 23.5 Å². The van der Waals surface area contributed by atoms with Crippen molar-refractivity contribution < 1.29 is 23.9 Å². The third kappa shape index (κ3) is 2.92. The van der Waals surface area contributed by atoms with Gasteiger partial charge in [0.05, 0.1) is 14.7 Å². The first-order valence-corrected chi connectivity index (χ1v) is 11.3. The van der Waals surface area contributed by atoms with Gasteiger partial charge in [-0.3, -0.25) is 0 Å². The van der Waals surface area contributed by atoms with Gasteiger partial charge in [0.1, 0.15) is 0 Å². The van der Waals surface area contributed by atoms with Crippen LogP contribution in [0, 0.1) is 0 Å². The number of aryl methyl sites for hydroxylation is 1. The molecule has 1 aromatic rings. The van der Waals surface area contributed by atoms with Crippen LogP contribution in [0.3, 0.4) is 0 Å². The molecule has 1 fully saturated rings. The first-order valence-electron chi connectivity index (χ1n) is 6.36. The summed E-state index contributed by atoms with van der Waals surface area (Å²) in [6.07, 6.45) is -0.567. The van der Waals surface area contributed by atoms with Crippen molar-refractivity contribution >= 4 is 54.0 Å². The van der Waals surface area contributed by atoms with Gasteiger partial charge in [0, 0.05) is 14.2 Å². The highest BCUT2D eigenvalue weighted by Gasteiger charge is 2.55. The van der Waals surface area contributed by atoms with Gasteiger partial charge in [0.15, 0.2) is 4.27 Å². The van der Waals surface area contributed by atoms with E-state index in [1.807, 2.05) is 6.92 Å². The van der Waals surface area contributed by atoms with Gasteiger partial charge in [-0.05, 0) is 29.1 Å². The third-order valence-corrected chi connectivity index (χ3v) is 13.8. The lowest BCUT2D eigenvalue weighted by Gasteiger charge is -2.49. The highest BCUT2D eigenvalue weighted by molar-refractivity contribution is 8.55. The van der Waals surface area contributed by atoms with Crippen LogP contribution in [0.25, 0.3) is 0 Å². The Hall–Kier alpha value is -0.870. The van der Waals surface area contributed by atoms with Crippen molar-refractivity contribution in [2.45, 2.75) is 21.9 Å². The summed E-state index contributed by atoms with van der Waals surface area (Å²) in [6, 6.07) is 0. The van der Waals surface area contributed by atoms with E-state index in [0.29, 0.717) is 10.2 Å². The molecule has 2 aliphatic rings. The monoisotopic (exact) mass is 414 g/mol. The van der Waals surface area contributed by atoms with Crippen LogP contribution in [0.1, 0.15) is 6.92 Å². The molecular weight excluding hydrogens is 400 g/mol. The number of ether oxygens (including phenoxy) is 2. The van der Waals surface area contributed by atoms with Gasteiger partial charge in [0.2, 0.25) is 10.7 Å². The lowest BCUT2D eigenvalue weighted by molar-refractivity contribution is 0.00422. The summed E-state index contributed by atoms with van der Waals surface area (Å²) in [5, 5.41) is 11.6. The fraction of sp³-hybridized carbons (Fsp3) is 0.667. The van der Waals surface area contributed by atoms with E-state index in [2.05, 4.69) is 20.4 Å². The van der Waals surface area contributed by atoms with Gasteiger partial charge in [-0.2, -0.15) is 10.2 Å². The molecular formula is C9H14N6O5S4. The average molecular weight is 415 g/mol. The molecule has 24 heavy (non-hydrogen) atoms. The minimum absolute atomic E-state index is 0.445. The van der Waals surface area contributed by atoms with Gasteiger partial charge in [-0.25, -0.2) is 14.3 Å². The van der Waals surface area contributed by atoms with Gasteiger partial charge in [0.25, 0.3) is 0 Å². The van der Waals surface area contributed by atoms with E-state index in [9.17, 15) is 9.59 Å². The molecule has 1 amide bonds. The Morgan fingerprint density at radius 2 is 2.38 bits per heavy atom. The van der Waals surface area contributed by atoms with E-state index >= 15 is 0 Å². The number of carbonyl (C=O) groups excluding carboxylic acids is 2. The zero-order chi connectivity index (χ0) is 17.5. The van der Waals surface area contributed by atoms with Gasteiger partial charge in [-0.1, -0.05) is 21.2 Å². The van der Waals surface area contributed by atoms with E-state index in [1.54, 1.807) is 14.2 Å². The molecule has 3 rings (SSSR count). The van der Waals surface area contributed by atoms with Crippen molar-refractivity contribution in [1.29, 1.82) is 0 Å². The fourth-order valence-corrected chi connectivity index (χ4v) is 13.0. The van der Waals surface area contributed by atoms with E-state index in [-0.39, 0.29) is 0 Å². The van der Waals surface area contributed by atoms with Crippen molar-refractivity contribution in [3.63, 3.8) is 0 Å². The summed E-state index contributed by atoms with van der Waals surface area (Å²) in [5.41, 5.74) is -0.588. The summed E-state index contributed by atoms with van der Waals surface area (Å²) in [5.74, 6) is 5.08. The molecule has 3 heterocycles. The van der Waals surface area contributed by atoms with Crippen molar-refractivity contribution in [2.24, 2.45) is 12.9 Å². The Morgan fingerprint density at radius 3 is 2.92 bits per heavy atom. The molecule has 1 saturated heterocycles. The molecule has 1 aromatic heterocycles. The maximum atomic E-state index is 12.2. The van der Waals surface area contributed by atoms with E-state index < -0.39 is 40.3 Å². The Labute approximate surface area is 149 Å². The second-order valence-electron chi connectivity index (χ2n) is 4.51. The van der Waals surface area contributed by atoms with Gasteiger partial charge < -0.3 is 14.3 Å². The summed E-state index contributed by atoms with van der Waals surface area (Å²) in [4.78, 5) is 28.5. The van der Waals surface area contributed by atoms with Crippen molar-refractivity contribution in [1.82, 2.24) is 24.5 Å². The summed E-state index contributed by atoms with van der Waals surface area (Å²) >= 11 is 2.69. The fourth-order valence-electron chi connectivity index (χ4n) is 1.86. The number of thioether (sulfide) groups is 2. The Balaban J connectivity index is 2.00. The number of amides is 1. The molecule has 2 aliphatic heterocycles. The standard InChI is InChI=1S/C9H14N6O5S4/c1-9(18-3)22-7-15(6(16)19-7)24(8(17)20-10)23(9)4-21-5-11-12-13-14(5)2/h7H,4,10H2,1-3H3/t7-,9+,23?,24?/m1/s1. The molecule has 134 valence electrons. The Kier molecular flexibility index (Phi) is 5.08. The number of aromatic nitrogens is 4. The molecule has 15 heteroatoms. The topological polar surface area (TPSA) is 135 Å². The maximum Gasteiger partial charge on any atom is 0.426 e. The number of hydrogen-bond acceptors (Lipinski definition) is 11. The third-order valence-electron chi connectivity index (χ3n) is 3.16. The molecule has 4 atom stereocenters. The molecule has 0 radical (unpaired) electrons. The second-order valence-corrected chi connectivity index (χ2v) is 12.6. The Bertz CT molecular complexity index is 727. The smallest absolute Gasteiger partial charge is 0.414 e. The normalized spacial score (nSPS) is 31.9. The maximum absolute atomic E-state index is 12.2. The predicted octanol–water partition coefficient (Wildman–Crippen LogP) is 0.139. The van der Waals surface area contributed by atoms with Crippen LogP contribution < -0.4 is 5.90 Å². The summed E-state index contributed by atoms with van der Waals surface area (Å²) in [7, 11) is 1.30. The van der Waals surface area contributed by atoms with Crippen molar-refractivity contribution in [3.05, 3.63) is 0 Å². The largest absolute Gasteiger partial charge is 0.426 e. The highest BCUT2D eigenvalue weighted by Crippen LogP contribution is 2.47. The molecule has 11 nitrogen and oxygen atoms in total. The number of tetrazole rings is 1. The lowest BCUT2D eigenvalue weighted by Crippen LogP contribution is -2.61. The summed E-state index contributed by atoms with van der Waals surface area (Å²) in [6.45, 7) is 1.85. The number of hydrogen-bond donors (Lipinski definition) is 1. The number of nitrogens with zero attached hydrogens (tertiary/aromatic N) is 5.